The fourth-order valence-corrected chi connectivity index (χ4v) is 3.71. The summed E-state index contributed by atoms with van der Waals surface area (Å²) in [6.45, 7) is 5.55. The summed E-state index contributed by atoms with van der Waals surface area (Å²) in [5.41, 5.74) is 3.94. The molecule has 7 heteroatoms. The third kappa shape index (κ3) is 4.03. The molecule has 2 aromatic rings. The van der Waals surface area contributed by atoms with E-state index in [1.54, 1.807) is 12.4 Å². The molecule has 1 fully saturated rings. The molecule has 1 aliphatic rings. The Labute approximate surface area is 154 Å². The molecule has 0 bridgehead atoms. The quantitative estimate of drug-likeness (QED) is 0.885. The highest BCUT2D eigenvalue weighted by Gasteiger charge is 2.26. The lowest BCUT2D eigenvalue weighted by molar-refractivity contribution is -0.132. The SMILES string of the molecule is Cc1n[nH]c(C)c1CC(=O)N1CCC[C@@H](Cc2nccnc2N(C)C)C1. The minimum Gasteiger partial charge on any atom is -0.361 e. The van der Waals surface area contributed by atoms with Crippen LogP contribution in [0.15, 0.2) is 12.4 Å². The van der Waals surface area contributed by atoms with E-state index < -0.39 is 0 Å². The molecule has 140 valence electrons. The summed E-state index contributed by atoms with van der Waals surface area (Å²) in [6.07, 6.45) is 6.92. The average molecular weight is 356 g/mol. The van der Waals surface area contributed by atoms with Crippen LogP contribution in [0.5, 0.6) is 0 Å². The molecule has 0 unspecified atom stereocenters. The van der Waals surface area contributed by atoms with Gasteiger partial charge in [-0.15, -0.1) is 0 Å². The van der Waals surface area contributed by atoms with Crippen molar-refractivity contribution in [2.75, 3.05) is 32.1 Å². The number of likely N-dealkylation sites (tertiary alicyclic amines) is 1. The molecule has 1 amide bonds. The van der Waals surface area contributed by atoms with E-state index >= 15 is 0 Å². The second-order valence-corrected chi connectivity index (χ2v) is 7.36. The maximum atomic E-state index is 12.8. The van der Waals surface area contributed by atoms with Crippen LogP contribution < -0.4 is 4.90 Å². The lowest BCUT2D eigenvalue weighted by atomic mass is 9.92. The van der Waals surface area contributed by atoms with E-state index in [9.17, 15) is 4.79 Å². The fourth-order valence-electron chi connectivity index (χ4n) is 3.71. The van der Waals surface area contributed by atoms with Gasteiger partial charge in [0, 0.05) is 50.8 Å². The van der Waals surface area contributed by atoms with Gasteiger partial charge in [0.25, 0.3) is 0 Å². The summed E-state index contributed by atoms with van der Waals surface area (Å²) in [5.74, 6) is 1.53. The minimum atomic E-state index is 0.189. The zero-order valence-corrected chi connectivity index (χ0v) is 16.1. The Bertz CT molecular complexity index is 750. The van der Waals surface area contributed by atoms with Crippen molar-refractivity contribution in [1.29, 1.82) is 0 Å². The first kappa shape index (κ1) is 18.4. The Morgan fingerprint density at radius 3 is 2.77 bits per heavy atom. The summed E-state index contributed by atoms with van der Waals surface area (Å²) in [6, 6.07) is 0. The predicted octanol–water partition coefficient (Wildman–Crippen LogP) is 1.91. The van der Waals surface area contributed by atoms with E-state index in [1.165, 1.54) is 0 Å². The van der Waals surface area contributed by atoms with Crippen LogP contribution in [0.25, 0.3) is 0 Å². The third-order valence-electron chi connectivity index (χ3n) is 5.14. The molecule has 1 aliphatic heterocycles. The van der Waals surface area contributed by atoms with Crippen molar-refractivity contribution < 1.29 is 4.79 Å². The zero-order chi connectivity index (χ0) is 18.7. The lowest BCUT2D eigenvalue weighted by Crippen LogP contribution is -2.41. The minimum absolute atomic E-state index is 0.189. The van der Waals surface area contributed by atoms with Crippen molar-refractivity contribution in [2.45, 2.75) is 39.5 Å². The molecule has 26 heavy (non-hydrogen) atoms. The van der Waals surface area contributed by atoms with Crippen LogP contribution in [0.1, 0.15) is 35.5 Å². The van der Waals surface area contributed by atoms with Crippen LogP contribution in [0.4, 0.5) is 5.82 Å². The molecule has 2 aromatic heterocycles. The topological polar surface area (TPSA) is 78.0 Å². The number of amides is 1. The number of carbonyl (C=O) groups excluding carboxylic acids is 1. The van der Waals surface area contributed by atoms with Gasteiger partial charge in [-0.25, -0.2) is 4.98 Å². The monoisotopic (exact) mass is 356 g/mol. The number of nitrogens with one attached hydrogen (secondary N) is 1. The van der Waals surface area contributed by atoms with Crippen LogP contribution in [0, 0.1) is 19.8 Å². The molecule has 7 nitrogen and oxygen atoms in total. The Hall–Kier alpha value is -2.44. The highest BCUT2D eigenvalue weighted by Crippen LogP contribution is 2.24. The Morgan fingerprint density at radius 2 is 2.08 bits per heavy atom. The standard InChI is InChI=1S/C19H28N6O/c1-13-16(14(2)23-22-13)11-18(26)25-9-5-6-15(12-25)10-17-19(24(3)4)21-8-7-20-17/h7-8,15H,5-6,9-12H2,1-4H3,(H,22,23)/t15-/m0/s1. The van der Waals surface area contributed by atoms with Gasteiger partial charge in [0.15, 0.2) is 0 Å². The largest absolute Gasteiger partial charge is 0.361 e. The van der Waals surface area contributed by atoms with Crippen LogP contribution in [-0.2, 0) is 17.6 Å². The van der Waals surface area contributed by atoms with Crippen LogP contribution in [0.3, 0.4) is 0 Å². The van der Waals surface area contributed by atoms with Crippen molar-refractivity contribution in [3.63, 3.8) is 0 Å². The Kier molecular flexibility index (Phi) is 5.54. The van der Waals surface area contributed by atoms with Gasteiger partial charge in [0.2, 0.25) is 5.91 Å². The summed E-state index contributed by atoms with van der Waals surface area (Å²) >= 11 is 0. The number of piperidine rings is 1. The van der Waals surface area contributed by atoms with Crippen LogP contribution >= 0.6 is 0 Å². The fraction of sp³-hybridized carbons (Fsp3) is 0.579. The van der Waals surface area contributed by atoms with E-state index in [1.807, 2.05) is 37.7 Å². The predicted molar refractivity (Wildman–Crippen MR) is 101 cm³/mol. The number of aryl methyl sites for hydroxylation is 2. The molecular weight excluding hydrogens is 328 g/mol. The molecule has 3 rings (SSSR count). The maximum Gasteiger partial charge on any atom is 0.227 e. The highest BCUT2D eigenvalue weighted by atomic mass is 16.2. The molecule has 1 saturated heterocycles. The van der Waals surface area contributed by atoms with Crippen molar-refractivity contribution >= 4 is 11.7 Å². The molecule has 0 aliphatic carbocycles. The second kappa shape index (κ2) is 7.85. The number of anilines is 1. The summed E-state index contributed by atoms with van der Waals surface area (Å²) in [4.78, 5) is 25.8. The van der Waals surface area contributed by atoms with Gasteiger partial charge in [-0.1, -0.05) is 0 Å². The Balaban J connectivity index is 1.65. The molecule has 0 saturated carbocycles. The number of rotatable bonds is 5. The molecule has 3 heterocycles. The number of H-pyrrole nitrogens is 1. The van der Waals surface area contributed by atoms with Crippen molar-refractivity contribution in [3.05, 3.63) is 35.0 Å². The first-order valence-electron chi connectivity index (χ1n) is 9.21. The van der Waals surface area contributed by atoms with Crippen LogP contribution in [0.2, 0.25) is 0 Å². The number of aromatic amines is 1. The van der Waals surface area contributed by atoms with Gasteiger partial charge in [-0.2, -0.15) is 5.10 Å². The third-order valence-corrected chi connectivity index (χ3v) is 5.14. The van der Waals surface area contributed by atoms with E-state index in [4.69, 9.17) is 0 Å². The summed E-state index contributed by atoms with van der Waals surface area (Å²) in [5, 5.41) is 7.16. The van der Waals surface area contributed by atoms with Crippen LogP contribution in [-0.4, -0.2) is 58.2 Å². The highest BCUT2D eigenvalue weighted by molar-refractivity contribution is 5.79. The number of hydrogen-bond donors (Lipinski definition) is 1. The summed E-state index contributed by atoms with van der Waals surface area (Å²) in [7, 11) is 3.97. The van der Waals surface area contributed by atoms with Gasteiger partial charge in [-0.3, -0.25) is 14.9 Å². The van der Waals surface area contributed by atoms with E-state index in [-0.39, 0.29) is 5.91 Å². The van der Waals surface area contributed by atoms with Crippen molar-refractivity contribution in [1.82, 2.24) is 25.1 Å². The number of carbonyl (C=O) groups is 1. The lowest BCUT2D eigenvalue weighted by Gasteiger charge is -2.33. The van der Waals surface area contributed by atoms with E-state index in [0.717, 1.165) is 60.8 Å². The number of nitrogens with zero attached hydrogens (tertiary/aromatic N) is 5. The molecule has 1 atom stereocenters. The Morgan fingerprint density at radius 1 is 1.31 bits per heavy atom. The molecule has 0 aromatic carbocycles. The van der Waals surface area contributed by atoms with E-state index in [2.05, 4.69) is 20.2 Å². The number of aromatic nitrogens is 4. The number of hydrogen-bond acceptors (Lipinski definition) is 5. The van der Waals surface area contributed by atoms with Gasteiger partial charge >= 0.3 is 0 Å². The van der Waals surface area contributed by atoms with E-state index in [0.29, 0.717) is 12.3 Å². The second-order valence-electron chi connectivity index (χ2n) is 7.36. The molecule has 0 radical (unpaired) electrons. The van der Waals surface area contributed by atoms with Crippen molar-refractivity contribution in [2.24, 2.45) is 5.92 Å². The van der Waals surface area contributed by atoms with Gasteiger partial charge < -0.3 is 9.80 Å². The first-order valence-corrected chi connectivity index (χ1v) is 9.21. The maximum absolute atomic E-state index is 12.8. The van der Waals surface area contributed by atoms with Crippen molar-refractivity contribution in [3.8, 4) is 0 Å². The normalized spacial score (nSPS) is 17.4. The smallest absolute Gasteiger partial charge is 0.227 e. The van der Waals surface area contributed by atoms with Gasteiger partial charge in [0.1, 0.15) is 5.82 Å². The zero-order valence-electron chi connectivity index (χ0n) is 16.1. The van der Waals surface area contributed by atoms with Gasteiger partial charge in [-0.05, 0) is 39.0 Å². The summed E-state index contributed by atoms with van der Waals surface area (Å²) < 4.78 is 0. The molecule has 0 spiro atoms. The average Bonchev–Trinajstić information content (AvgIpc) is 2.94. The molecule has 1 N–H and O–H groups in total. The van der Waals surface area contributed by atoms with Gasteiger partial charge in [0.05, 0.1) is 17.8 Å². The first-order chi connectivity index (χ1) is 12.5. The molecular formula is C19H28N6O.